The van der Waals surface area contributed by atoms with Crippen molar-refractivity contribution in [1.82, 2.24) is 0 Å². The number of carbonyl (C=O) groups excluding carboxylic acids is 2. The average molecular weight is 385 g/mol. The van der Waals surface area contributed by atoms with Gasteiger partial charge in [-0.25, -0.2) is 4.79 Å². The summed E-state index contributed by atoms with van der Waals surface area (Å²) in [6, 6.07) is 7.52. The van der Waals surface area contributed by atoms with Crippen molar-refractivity contribution < 1.29 is 28.7 Å². The van der Waals surface area contributed by atoms with E-state index in [1.54, 1.807) is 12.1 Å². The molecule has 2 aromatic carbocycles. The Hall–Kier alpha value is -3.42. The Kier molecular flexibility index (Phi) is 5.30. The Balaban J connectivity index is 1.84. The highest BCUT2D eigenvalue weighted by molar-refractivity contribution is 6.02. The molecule has 1 heterocycles. The minimum absolute atomic E-state index is 0.189. The van der Waals surface area contributed by atoms with Crippen molar-refractivity contribution in [3.63, 3.8) is 0 Å². The van der Waals surface area contributed by atoms with E-state index in [0.717, 1.165) is 17.2 Å². The zero-order chi connectivity index (χ0) is 20.4. The van der Waals surface area contributed by atoms with Crippen LogP contribution in [0.3, 0.4) is 0 Å². The second-order valence-electron chi connectivity index (χ2n) is 6.48. The lowest BCUT2D eigenvalue weighted by Gasteiger charge is -2.19. The standard InChI is InChI=1S/C20H19NO7/c1-11-4-5-14(8-12(11)2)19(22)13(3)28-20(23)15-9-17-18(27-7-6-26-17)10-16(15)21(24)25/h4-5,8-10,13H,6-7H2,1-3H3/t13-/m0/s1. The second-order valence-corrected chi connectivity index (χ2v) is 6.48. The Bertz CT molecular complexity index is 967. The van der Waals surface area contributed by atoms with Gasteiger partial charge in [0.15, 0.2) is 17.6 Å². The van der Waals surface area contributed by atoms with Gasteiger partial charge in [-0.15, -0.1) is 0 Å². The van der Waals surface area contributed by atoms with E-state index in [-0.39, 0.29) is 30.3 Å². The van der Waals surface area contributed by atoms with Crippen molar-refractivity contribution in [2.24, 2.45) is 0 Å². The molecule has 1 aliphatic heterocycles. The van der Waals surface area contributed by atoms with Crippen molar-refractivity contribution in [3.05, 3.63) is 62.7 Å². The first-order valence-corrected chi connectivity index (χ1v) is 8.68. The zero-order valence-corrected chi connectivity index (χ0v) is 15.7. The highest BCUT2D eigenvalue weighted by Crippen LogP contribution is 2.37. The molecule has 0 fully saturated rings. The van der Waals surface area contributed by atoms with Crippen molar-refractivity contribution in [3.8, 4) is 11.5 Å². The highest BCUT2D eigenvalue weighted by Gasteiger charge is 2.29. The summed E-state index contributed by atoms with van der Waals surface area (Å²) in [5, 5.41) is 11.4. The van der Waals surface area contributed by atoms with E-state index in [0.29, 0.717) is 5.56 Å². The smallest absolute Gasteiger partial charge is 0.346 e. The fourth-order valence-electron chi connectivity index (χ4n) is 2.80. The molecule has 2 aromatic rings. The SMILES string of the molecule is Cc1ccc(C(=O)[C@H](C)OC(=O)c2cc3c(cc2[N+](=O)[O-])OCCO3)cc1C. The summed E-state index contributed by atoms with van der Waals surface area (Å²) in [5.41, 5.74) is 1.61. The Labute approximate surface area is 161 Å². The minimum Gasteiger partial charge on any atom is -0.486 e. The molecular formula is C20H19NO7. The fourth-order valence-corrected chi connectivity index (χ4v) is 2.80. The molecule has 0 unspecified atom stereocenters. The number of rotatable bonds is 5. The molecule has 8 nitrogen and oxygen atoms in total. The van der Waals surface area contributed by atoms with Crippen LogP contribution in [-0.4, -0.2) is 36.0 Å². The number of hydrogen-bond donors (Lipinski definition) is 0. The van der Waals surface area contributed by atoms with Gasteiger partial charge in [0.25, 0.3) is 5.69 Å². The number of carbonyl (C=O) groups is 2. The van der Waals surface area contributed by atoms with E-state index in [1.807, 2.05) is 19.9 Å². The Morgan fingerprint density at radius 1 is 1.07 bits per heavy atom. The van der Waals surface area contributed by atoms with Crippen LogP contribution in [0.25, 0.3) is 0 Å². The number of ether oxygens (including phenoxy) is 3. The lowest BCUT2D eigenvalue weighted by Crippen LogP contribution is -2.25. The number of nitro benzene ring substituents is 1. The molecule has 3 rings (SSSR count). The first kappa shape index (κ1) is 19.3. The molecule has 1 atom stereocenters. The number of fused-ring (bicyclic) bond motifs is 1. The summed E-state index contributed by atoms with van der Waals surface area (Å²) < 4.78 is 15.9. The van der Waals surface area contributed by atoms with Crippen LogP contribution in [0.4, 0.5) is 5.69 Å². The Morgan fingerprint density at radius 3 is 2.32 bits per heavy atom. The molecule has 0 aromatic heterocycles. The average Bonchev–Trinajstić information content (AvgIpc) is 2.68. The van der Waals surface area contributed by atoms with Gasteiger partial charge in [-0.1, -0.05) is 12.1 Å². The highest BCUT2D eigenvalue weighted by atomic mass is 16.6. The van der Waals surface area contributed by atoms with Crippen LogP contribution < -0.4 is 9.47 Å². The van der Waals surface area contributed by atoms with Gasteiger partial charge in [0.2, 0.25) is 5.78 Å². The predicted octanol–water partition coefficient (Wildman–Crippen LogP) is 3.41. The van der Waals surface area contributed by atoms with Crippen LogP contribution in [0.5, 0.6) is 11.5 Å². The number of ketones is 1. The summed E-state index contributed by atoms with van der Waals surface area (Å²) in [6.45, 7) is 5.76. The van der Waals surface area contributed by atoms with E-state index in [9.17, 15) is 19.7 Å². The van der Waals surface area contributed by atoms with Gasteiger partial charge in [-0.3, -0.25) is 14.9 Å². The van der Waals surface area contributed by atoms with Crippen LogP contribution >= 0.6 is 0 Å². The number of nitro groups is 1. The van der Waals surface area contributed by atoms with E-state index >= 15 is 0 Å². The number of aryl methyl sites for hydroxylation is 2. The first-order chi connectivity index (χ1) is 13.3. The monoisotopic (exact) mass is 385 g/mol. The molecule has 0 saturated carbocycles. The maximum atomic E-state index is 12.6. The molecule has 0 bridgehead atoms. The molecule has 0 radical (unpaired) electrons. The molecule has 0 N–H and O–H groups in total. The predicted molar refractivity (Wildman–Crippen MR) is 99.2 cm³/mol. The fraction of sp³-hybridized carbons (Fsp3) is 0.300. The topological polar surface area (TPSA) is 105 Å². The molecule has 0 spiro atoms. The molecule has 1 aliphatic rings. The lowest BCUT2D eigenvalue weighted by molar-refractivity contribution is -0.385. The van der Waals surface area contributed by atoms with Crippen LogP contribution in [-0.2, 0) is 4.74 Å². The summed E-state index contributed by atoms with van der Waals surface area (Å²) >= 11 is 0. The molecule has 0 aliphatic carbocycles. The van der Waals surface area contributed by atoms with E-state index in [2.05, 4.69) is 0 Å². The van der Waals surface area contributed by atoms with Crippen LogP contribution in [0, 0.1) is 24.0 Å². The lowest BCUT2D eigenvalue weighted by atomic mass is 10.0. The van der Waals surface area contributed by atoms with Crippen molar-refractivity contribution in [2.75, 3.05) is 13.2 Å². The Morgan fingerprint density at radius 2 is 1.71 bits per heavy atom. The van der Waals surface area contributed by atoms with Gasteiger partial charge in [-0.2, -0.15) is 0 Å². The quantitative estimate of drug-likeness (QED) is 0.336. The number of Topliss-reactive ketones (excluding diaryl/α,β-unsaturated/α-hetero) is 1. The molecule has 146 valence electrons. The molecular weight excluding hydrogens is 366 g/mol. The van der Waals surface area contributed by atoms with Gasteiger partial charge >= 0.3 is 5.97 Å². The summed E-state index contributed by atoms with van der Waals surface area (Å²) in [6.07, 6.45) is -1.11. The van der Waals surface area contributed by atoms with E-state index in [4.69, 9.17) is 14.2 Å². The van der Waals surface area contributed by atoms with Crippen molar-refractivity contribution in [2.45, 2.75) is 26.9 Å². The van der Waals surface area contributed by atoms with Gasteiger partial charge < -0.3 is 14.2 Å². The summed E-state index contributed by atoms with van der Waals surface area (Å²) in [5.74, 6) is -0.962. The van der Waals surface area contributed by atoms with Crippen LogP contribution in [0.15, 0.2) is 30.3 Å². The molecule has 0 saturated heterocycles. The maximum absolute atomic E-state index is 12.6. The van der Waals surface area contributed by atoms with E-state index < -0.39 is 28.5 Å². The number of esters is 1. The zero-order valence-electron chi connectivity index (χ0n) is 15.7. The first-order valence-electron chi connectivity index (χ1n) is 8.68. The minimum atomic E-state index is -1.11. The summed E-state index contributed by atoms with van der Waals surface area (Å²) in [4.78, 5) is 35.8. The summed E-state index contributed by atoms with van der Waals surface area (Å²) in [7, 11) is 0. The molecule has 8 heteroatoms. The van der Waals surface area contributed by atoms with Gasteiger partial charge in [0.05, 0.1) is 11.0 Å². The third-order valence-electron chi connectivity index (χ3n) is 4.52. The van der Waals surface area contributed by atoms with Crippen molar-refractivity contribution >= 4 is 17.4 Å². The second kappa shape index (κ2) is 7.67. The normalized spacial score (nSPS) is 13.5. The third-order valence-corrected chi connectivity index (χ3v) is 4.52. The largest absolute Gasteiger partial charge is 0.486 e. The van der Waals surface area contributed by atoms with Crippen LogP contribution in [0.1, 0.15) is 38.8 Å². The van der Waals surface area contributed by atoms with Gasteiger partial charge in [0.1, 0.15) is 18.8 Å². The van der Waals surface area contributed by atoms with Crippen LogP contribution in [0.2, 0.25) is 0 Å². The van der Waals surface area contributed by atoms with Crippen molar-refractivity contribution in [1.29, 1.82) is 0 Å². The maximum Gasteiger partial charge on any atom is 0.346 e. The number of hydrogen-bond acceptors (Lipinski definition) is 7. The molecule has 28 heavy (non-hydrogen) atoms. The van der Waals surface area contributed by atoms with E-state index in [1.165, 1.54) is 13.0 Å². The number of benzene rings is 2. The van der Waals surface area contributed by atoms with Gasteiger partial charge in [0, 0.05) is 11.6 Å². The van der Waals surface area contributed by atoms with Gasteiger partial charge in [-0.05, 0) is 38.0 Å². The third kappa shape index (κ3) is 3.80. The number of nitrogens with zero attached hydrogens (tertiary/aromatic N) is 1. The molecule has 0 amide bonds.